The third-order valence-corrected chi connectivity index (χ3v) is 5.53. The molecule has 2 heterocycles. The number of aryl methyl sites for hydroxylation is 1. The quantitative estimate of drug-likeness (QED) is 0.652. The number of carbonyl (C=O) groups excluding carboxylic acids is 1. The molecule has 6 nitrogen and oxygen atoms in total. The van der Waals surface area contributed by atoms with Gasteiger partial charge in [-0.3, -0.25) is 4.79 Å². The molecule has 0 atom stereocenters. The van der Waals surface area contributed by atoms with Gasteiger partial charge >= 0.3 is 0 Å². The Morgan fingerprint density at radius 1 is 1.13 bits per heavy atom. The van der Waals surface area contributed by atoms with Crippen LogP contribution in [0.1, 0.15) is 15.9 Å². The van der Waals surface area contributed by atoms with Crippen molar-refractivity contribution in [2.24, 2.45) is 0 Å². The molecule has 1 N–H and O–H groups in total. The van der Waals surface area contributed by atoms with Crippen LogP contribution in [0.25, 0.3) is 5.69 Å². The summed E-state index contributed by atoms with van der Waals surface area (Å²) in [5, 5.41) is 3.45. The van der Waals surface area contributed by atoms with Crippen molar-refractivity contribution in [2.75, 3.05) is 43.6 Å². The van der Waals surface area contributed by atoms with Crippen molar-refractivity contribution in [3.8, 4) is 11.4 Å². The highest BCUT2D eigenvalue weighted by Gasteiger charge is 2.18. The van der Waals surface area contributed by atoms with Gasteiger partial charge in [0.05, 0.1) is 36.6 Å². The predicted octanol–water partition coefficient (Wildman–Crippen LogP) is 4.54. The van der Waals surface area contributed by atoms with Gasteiger partial charge in [-0.1, -0.05) is 11.6 Å². The van der Waals surface area contributed by atoms with Gasteiger partial charge in [-0.2, -0.15) is 0 Å². The SMILES string of the molecule is COc1cc(-n2cccc2)c(Cl)cc1C(=O)Nc1ccc(N2CCOCC2)cc1C. The van der Waals surface area contributed by atoms with E-state index in [4.69, 9.17) is 21.1 Å². The number of hydrogen-bond donors (Lipinski definition) is 1. The van der Waals surface area contributed by atoms with Crippen molar-refractivity contribution in [1.29, 1.82) is 0 Å². The Kier molecular flexibility index (Phi) is 5.97. The molecule has 0 radical (unpaired) electrons. The van der Waals surface area contributed by atoms with Gasteiger partial charge in [0.15, 0.2) is 0 Å². The molecule has 1 aromatic heterocycles. The number of anilines is 2. The number of morpholine rings is 1. The minimum atomic E-state index is -0.268. The molecule has 2 aromatic carbocycles. The summed E-state index contributed by atoms with van der Waals surface area (Å²) >= 11 is 6.46. The summed E-state index contributed by atoms with van der Waals surface area (Å²) in [7, 11) is 1.54. The number of carbonyl (C=O) groups is 1. The summed E-state index contributed by atoms with van der Waals surface area (Å²) in [5.41, 5.74) is 4.01. The summed E-state index contributed by atoms with van der Waals surface area (Å²) < 4.78 is 12.8. The molecular formula is C23H24ClN3O3. The van der Waals surface area contributed by atoms with Crippen LogP contribution in [0.5, 0.6) is 5.75 Å². The first-order valence-corrected chi connectivity index (χ1v) is 10.2. The van der Waals surface area contributed by atoms with E-state index in [0.29, 0.717) is 16.3 Å². The number of amides is 1. The molecule has 0 aliphatic carbocycles. The maximum absolute atomic E-state index is 13.0. The van der Waals surface area contributed by atoms with E-state index in [2.05, 4.69) is 16.3 Å². The van der Waals surface area contributed by atoms with Gasteiger partial charge in [-0.25, -0.2) is 0 Å². The van der Waals surface area contributed by atoms with Crippen molar-refractivity contribution in [3.05, 3.63) is 71.0 Å². The van der Waals surface area contributed by atoms with Gasteiger partial charge in [-0.15, -0.1) is 0 Å². The summed E-state index contributed by atoms with van der Waals surface area (Å²) in [6, 6.07) is 13.3. The van der Waals surface area contributed by atoms with Crippen molar-refractivity contribution >= 4 is 28.9 Å². The Bertz CT molecular complexity index is 1040. The fraction of sp³-hybridized carbons (Fsp3) is 0.261. The second-order valence-corrected chi connectivity index (χ2v) is 7.55. The molecule has 1 saturated heterocycles. The molecule has 0 bridgehead atoms. The third-order valence-electron chi connectivity index (χ3n) is 5.23. The van der Waals surface area contributed by atoms with E-state index < -0.39 is 0 Å². The number of ether oxygens (including phenoxy) is 2. The van der Waals surface area contributed by atoms with Crippen LogP contribution in [-0.4, -0.2) is 43.9 Å². The summed E-state index contributed by atoms with van der Waals surface area (Å²) in [6.45, 7) is 5.19. The van der Waals surface area contributed by atoms with Crippen LogP contribution in [-0.2, 0) is 4.74 Å². The molecule has 0 saturated carbocycles. The van der Waals surface area contributed by atoms with E-state index in [1.54, 1.807) is 19.2 Å². The zero-order valence-corrected chi connectivity index (χ0v) is 17.8. The molecule has 4 rings (SSSR count). The molecule has 0 spiro atoms. The minimum absolute atomic E-state index is 0.268. The Labute approximate surface area is 181 Å². The maximum atomic E-state index is 13.0. The predicted molar refractivity (Wildman–Crippen MR) is 119 cm³/mol. The lowest BCUT2D eigenvalue weighted by atomic mass is 10.1. The minimum Gasteiger partial charge on any atom is -0.496 e. The summed E-state index contributed by atoms with van der Waals surface area (Å²) in [6.07, 6.45) is 3.78. The molecule has 1 aliphatic rings. The van der Waals surface area contributed by atoms with Crippen LogP contribution in [0.2, 0.25) is 5.02 Å². The number of nitrogens with one attached hydrogen (secondary N) is 1. The molecule has 1 fully saturated rings. The van der Waals surface area contributed by atoms with E-state index in [9.17, 15) is 4.79 Å². The van der Waals surface area contributed by atoms with Crippen LogP contribution in [0.4, 0.5) is 11.4 Å². The molecule has 0 unspecified atom stereocenters. The number of methoxy groups -OCH3 is 1. The van der Waals surface area contributed by atoms with E-state index >= 15 is 0 Å². The molecule has 156 valence electrons. The lowest BCUT2D eigenvalue weighted by molar-refractivity contribution is 0.102. The highest BCUT2D eigenvalue weighted by molar-refractivity contribution is 6.33. The van der Waals surface area contributed by atoms with Gasteiger partial charge in [0, 0.05) is 42.9 Å². The lowest BCUT2D eigenvalue weighted by Crippen LogP contribution is -2.36. The highest BCUT2D eigenvalue weighted by Crippen LogP contribution is 2.31. The monoisotopic (exact) mass is 425 g/mol. The maximum Gasteiger partial charge on any atom is 0.259 e. The number of aromatic nitrogens is 1. The smallest absolute Gasteiger partial charge is 0.259 e. The molecule has 1 aliphatic heterocycles. The normalized spacial score (nSPS) is 13.9. The van der Waals surface area contributed by atoms with Crippen LogP contribution in [0.3, 0.4) is 0 Å². The third kappa shape index (κ3) is 4.15. The molecule has 1 amide bonds. The van der Waals surface area contributed by atoms with E-state index in [0.717, 1.165) is 48.9 Å². The standard InChI is InChI=1S/C23H24ClN3O3/c1-16-13-17(26-9-11-30-12-10-26)5-6-20(16)25-23(28)18-14-19(24)21(15-22(18)29-2)27-7-3-4-8-27/h3-8,13-15H,9-12H2,1-2H3,(H,25,28). The van der Waals surface area contributed by atoms with Crippen LogP contribution in [0.15, 0.2) is 54.9 Å². The fourth-order valence-electron chi connectivity index (χ4n) is 3.58. The Morgan fingerprint density at radius 3 is 2.53 bits per heavy atom. The number of rotatable bonds is 5. The van der Waals surface area contributed by atoms with Crippen LogP contribution in [0, 0.1) is 6.92 Å². The number of hydrogen-bond acceptors (Lipinski definition) is 4. The number of benzene rings is 2. The van der Waals surface area contributed by atoms with E-state index in [1.165, 1.54) is 0 Å². The zero-order valence-electron chi connectivity index (χ0n) is 17.0. The first-order chi connectivity index (χ1) is 14.6. The van der Waals surface area contributed by atoms with Gasteiger partial charge in [0.1, 0.15) is 5.75 Å². The second-order valence-electron chi connectivity index (χ2n) is 7.15. The fourth-order valence-corrected chi connectivity index (χ4v) is 3.84. The first kappa shape index (κ1) is 20.3. The van der Waals surface area contributed by atoms with Gasteiger partial charge in [0.2, 0.25) is 0 Å². The Hall–Kier alpha value is -2.96. The second kappa shape index (κ2) is 8.81. The number of halogens is 1. The first-order valence-electron chi connectivity index (χ1n) is 9.82. The Balaban J connectivity index is 1.57. The average Bonchev–Trinajstić information content (AvgIpc) is 3.30. The average molecular weight is 426 g/mol. The molecule has 30 heavy (non-hydrogen) atoms. The summed E-state index contributed by atoms with van der Waals surface area (Å²) in [5.74, 6) is 0.193. The van der Waals surface area contributed by atoms with Gasteiger partial charge in [-0.05, 0) is 48.9 Å². The van der Waals surface area contributed by atoms with Gasteiger partial charge < -0.3 is 24.3 Å². The molecule has 7 heteroatoms. The van der Waals surface area contributed by atoms with E-state index in [-0.39, 0.29) is 5.91 Å². The van der Waals surface area contributed by atoms with Crippen molar-refractivity contribution < 1.29 is 14.3 Å². The lowest BCUT2D eigenvalue weighted by Gasteiger charge is -2.29. The largest absolute Gasteiger partial charge is 0.496 e. The van der Waals surface area contributed by atoms with Crippen LogP contribution >= 0.6 is 11.6 Å². The highest BCUT2D eigenvalue weighted by atomic mass is 35.5. The van der Waals surface area contributed by atoms with E-state index in [1.807, 2.05) is 48.1 Å². The van der Waals surface area contributed by atoms with Crippen molar-refractivity contribution in [2.45, 2.75) is 6.92 Å². The molecule has 3 aromatic rings. The van der Waals surface area contributed by atoms with Crippen LogP contribution < -0.4 is 15.0 Å². The summed E-state index contributed by atoms with van der Waals surface area (Å²) in [4.78, 5) is 15.3. The molecular weight excluding hydrogens is 402 g/mol. The van der Waals surface area contributed by atoms with Crippen molar-refractivity contribution in [1.82, 2.24) is 4.57 Å². The number of nitrogens with zero attached hydrogens (tertiary/aromatic N) is 2. The van der Waals surface area contributed by atoms with Gasteiger partial charge in [0.25, 0.3) is 5.91 Å². The zero-order chi connectivity index (χ0) is 21.1. The van der Waals surface area contributed by atoms with Crippen molar-refractivity contribution in [3.63, 3.8) is 0 Å². The Morgan fingerprint density at radius 2 is 1.87 bits per heavy atom. The topological polar surface area (TPSA) is 55.7 Å².